The van der Waals surface area contributed by atoms with Crippen LogP contribution in [-0.4, -0.2) is 21.8 Å². The maximum atomic E-state index is 13.4. The van der Waals surface area contributed by atoms with Gasteiger partial charge in [0, 0.05) is 24.2 Å². The molecular formula is C28H20F8N4O2S. The number of urea groups is 1. The van der Waals surface area contributed by atoms with Gasteiger partial charge in [0.1, 0.15) is 22.3 Å². The predicted molar refractivity (Wildman–Crippen MR) is 141 cm³/mol. The van der Waals surface area contributed by atoms with Gasteiger partial charge in [0.2, 0.25) is 0 Å². The van der Waals surface area contributed by atoms with E-state index < -0.39 is 52.7 Å². The molecule has 0 radical (unpaired) electrons. The SMILES string of the molecule is O=C(NCc1ccc(F)cc1)c1csc(CN(Cc2ccc(F)cc2)C(=O)Nc2cc(C(F)(F)F)cc(C(F)(F)F)c2)n1. The van der Waals surface area contributed by atoms with Crippen LogP contribution in [-0.2, 0) is 32.0 Å². The molecule has 6 nitrogen and oxygen atoms in total. The second-order valence-electron chi connectivity index (χ2n) is 9.14. The van der Waals surface area contributed by atoms with Gasteiger partial charge in [0.25, 0.3) is 5.91 Å². The standard InChI is InChI=1S/C28H20F8N4O2S/c29-20-5-1-16(2-6-20)12-37-25(41)23-15-43-24(39-23)14-40(13-17-3-7-21(30)8-4-17)26(42)38-22-10-18(27(31,32)33)9-19(11-22)28(34,35)36/h1-11,15H,12-14H2,(H,37,41)(H,38,42). The highest BCUT2D eigenvalue weighted by molar-refractivity contribution is 7.09. The highest BCUT2D eigenvalue weighted by Crippen LogP contribution is 2.37. The zero-order chi connectivity index (χ0) is 31.4. The van der Waals surface area contributed by atoms with Crippen molar-refractivity contribution in [2.75, 3.05) is 5.32 Å². The zero-order valence-corrected chi connectivity index (χ0v) is 22.5. The fourth-order valence-electron chi connectivity index (χ4n) is 3.77. The summed E-state index contributed by atoms with van der Waals surface area (Å²) in [5.74, 6) is -1.59. The largest absolute Gasteiger partial charge is 0.416 e. The minimum Gasteiger partial charge on any atom is -0.347 e. The van der Waals surface area contributed by atoms with Crippen molar-refractivity contribution in [3.8, 4) is 0 Å². The number of alkyl halides is 6. The highest BCUT2D eigenvalue weighted by atomic mass is 32.1. The Labute approximate surface area is 243 Å². The number of benzene rings is 3. The fraction of sp³-hybridized carbons (Fsp3) is 0.179. The van der Waals surface area contributed by atoms with Crippen molar-refractivity contribution in [3.05, 3.63) is 117 Å². The third kappa shape index (κ3) is 8.73. The number of anilines is 1. The Kier molecular flexibility index (Phi) is 9.33. The molecule has 4 aromatic rings. The summed E-state index contributed by atoms with van der Waals surface area (Å²) >= 11 is 0.977. The predicted octanol–water partition coefficient (Wildman–Crippen LogP) is 7.62. The minimum atomic E-state index is -5.12. The number of halogens is 8. The molecule has 43 heavy (non-hydrogen) atoms. The number of carbonyl (C=O) groups excluding carboxylic acids is 2. The van der Waals surface area contributed by atoms with E-state index in [2.05, 4.69) is 15.6 Å². The van der Waals surface area contributed by atoms with Crippen LogP contribution in [0.25, 0.3) is 0 Å². The van der Waals surface area contributed by atoms with Gasteiger partial charge >= 0.3 is 18.4 Å². The summed E-state index contributed by atoms with van der Waals surface area (Å²) in [6, 6.07) is 9.94. The smallest absolute Gasteiger partial charge is 0.347 e. The van der Waals surface area contributed by atoms with Crippen molar-refractivity contribution in [2.24, 2.45) is 0 Å². The van der Waals surface area contributed by atoms with Crippen LogP contribution in [0.4, 0.5) is 45.6 Å². The van der Waals surface area contributed by atoms with Gasteiger partial charge in [-0.15, -0.1) is 11.3 Å². The van der Waals surface area contributed by atoms with Gasteiger partial charge in [0.05, 0.1) is 17.7 Å². The monoisotopic (exact) mass is 628 g/mol. The van der Waals surface area contributed by atoms with Gasteiger partial charge in [-0.25, -0.2) is 18.6 Å². The van der Waals surface area contributed by atoms with Crippen molar-refractivity contribution in [2.45, 2.75) is 32.0 Å². The molecule has 2 N–H and O–H groups in total. The van der Waals surface area contributed by atoms with Crippen LogP contribution in [0.2, 0.25) is 0 Å². The van der Waals surface area contributed by atoms with Crippen molar-refractivity contribution < 1.29 is 44.7 Å². The van der Waals surface area contributed by atoms with Crippen molar-refractivity contribution >= 4 is 29.0 Å². The maximum Gasteiger partial charge on any atom is 0.416 e. The third-order valence-electron chi connectivity index (χ3n) is 5.89. The van der Waals surface area contributed by atoms with Gasteiger partial charge in [-0.1, -0.05) is 24.3 Å². The number of hydrogen-bond acceptors (Lipinski definition) is 4. The number of hydrogen-bond donors (Lipinski definition) is 2. The van der Waals surface area contributed by atoms with Crippen molar-refractivity contribution in [3.63, 3.8) is 0 Å². The van der Waals surface area contributed by atoms with Crippen LogP contribution < -0.4 is 10.6 Å². The summed E-state index contributed by atoms with van der Waals surface area (Å²) in [6.07, 6.45) is -10.2. The average Bonchev–Trinajstić information content (AvgIpc) is 3.41. The molecule has 0 atom stereocenters. The lowest BCUT2D eigenvalue weighted by atomic mass is 10.1. The molecule has 1 aromatic heterocycles. The normalized spacial score (nSPS) is 11.7. The Balaban J connectivity index is 1.54. The van der Waals surface area contributed by atoms with E-state index >= 15 is 0 Å². The number of thiazole rings is 1. The summed E-state index contributed by atoms with van der Waals surface area (Å²) in [5, 5.41) is 6.29. The molecule has 0 aliphatic rings. The Hall–Kier alpha value is -4.53. The van der Waals surface area contributed by atoms with E-state index in [0.29, 0.717) is 23.3 Å². The Morgan fingerprint density at radius 2 is 1.30 bits per heavy atom. The lowest BCUT2D eigenvalue weighted by molar-refractivity contribution is -0.143. The summed E-state index contributed by atoms with van der Waals surface area (Å²) in [6.45, 7) is -0.463. The molecule has 0 aliphatic heterocycles. The Bertz CT molecular complexity index is 1550. The molecule has 15 heteroatoms. The van der Waals surface area contributed by atoms with E-state index in [-0.39, 0.29) is 36.4 Å². The molecule has 0 unspecified atom stereocenters. The molecule has 0 spiro atoms. The zero-order valence-electron chi connectivity index (χ0n) is 21.7. The van der Waals surface area contributed by atoms with Crippen LogP contribution in [0.1, 0.15) is 37.7 Å². The number of nitrogens with one attached hydrogen (secondary N) is 2. The van der Waals surface area contributed by atoms with Crippen LogP contribution in [0, 0.1) is 11.6 Å². The summed E-state index contributed by atoms with van der Waals surface area (Å²) in [4.78, 5) is 30.9. The third-order valence-corrected chi connectivity index (χ3v) is 6.72. The van der Waals surface area contributed by atoms with E-state index in [0.717, 1.165) is 28.4 Å². The van der Waals surface area contributed by atoms with Crippen LogP contribution in [0.15, 0.2) is 72.1 Å². The first-order chi connectivity index (χ1) is 20.2. The topological polar surface area (TPSA) is 74.3 Å². The van der Waals surface area contributed by atoms with E-state index in [1.807, 2.05) is 0 Å². The van der Waals surface area contributed by atoms with E-state index in [9.17, 15) is 44.7 Å². The summed E-state index contributed by atoms with van der Waals surface area (Å²) in [7, 11) is 0. The lowest BCUT2D eigenvalue weighted by Crippen LogP contribution is -2.34. The molecule has 3 aromatic carbocycles. The number of amides is 3. The van der Waals surface area contributed by atoms with Gasteiger partial charge in [-0.3, -0.25) is 4.79 Å². The van der Waals surface area contributed by atoms with Crippen molar-refractivity contribution in [1.29, 1.82) is 0 Å². The number of nitrogens with zero attached hydrogens (tertiary/aromatic N) is 2. The minimum absolute atomic E-state index is 0.0167. The molecule has 3 amide bonds. The van der Waals surface area contributed by atoms with Crippen LogP contribution >= 0.6 is 11.3 Å². The molecule has 1 heterocycles. The van der Waals surface area contributed by atoms with Crippen LogP contribution in [0.5, 0.6) is 0 Å². The van der Waals surface area contributed by atoms with Gasteiger partial charge < -0.3 is 15.5 Å². The number of aromatic nitrogens is 1. The second kappa shape index (κ2) is 12.8. The average molecular weight is 629 g/mol. The molecule has 0 bridgehead atoms. The second-order valence-corrected chi connectivity index (χ2v) is 10.1. The molecule has 0 fully saturated rings. The molecule has 4 rings (SSSR count). The van der Waals surface area contributed by atoms with Gasteiger partial charge in [-0.05, 0) is 53.6 Å². The summed E-state index contributed by atoms with van der Waals surface area (Å²) in [5.41, 5.74) is -2.98. The quantitative estimate of drug-likeness (QED) is 0.197. The van der Waals surface area contributed by atoms with E-state index in [1.54, 1.807) is 0 Å². The first kappa shape index (κ1) is 31.4. The fourth-order valence-corrected chi connectivity index (χ4v) is 4.55. The maximum absolute atomic E-state index is 13.4. The molecule has 226 valence electrons. The summed E-state index contributed by atoms with van der Waals surface area (Å²) < 4.78 is 106. The van der Waals surface area contributed by atoms with Crippen molar-refractivity contribution in [1.82, 2.24) is 15.2 Å². The number of carbonyl (C=O) groups is 2. The first-order valence-corrected chi connectivity index (χ1v) is 13.1. The highest BCUT2D eigenvalue weighted by Gasteiger charge is 2.37. The molecule has 0 saturated carbocycles. The first-order valence-electron chi connectivity index (χ1n) is 12.2. The van der Waals surface area contributed by atoms with E-state index in [4.69, 9.17) is 0 Å². The van der Waals surface area contributed by atoms with Crippen LogP contribution in [0.3, 0.4) is 0 Å². The molecule has 0 aliphatic carbocycles. The Morgan fingerprint density at radius 3 is 1.84 bits per heavy atom. The van der Waals surface area contributed by atoms with Gasteiger partial charge in [-0.2, -0.15) is 26.3 Å². The number of rotatable bonds is 8. The van der Waals surface area contributed by atoms with E-state index in [1.165, 1.54) is 41.8 Å². The van der Waals surface area contributed by atoms with Gasteiger partial charge in [0.15, 0.2) is 0 Å². The molecular weight excluding hydrogens is 608 g/mol. The Morgan fingerprint density at radius 1 is 0.767 bits per heavy atom. The lowest BCUT2D eigenvalue weighted by Gasteiger charge is -2.23. The molecule has 0 saturated heterocycles.